The second kappa shape index (κ2) is 6.31. The van der Waals surface area contributed by atoms with E-state index in [1.165, 1.54) is 12.5 Å². The van der Waals surface area contributed by atoms with Gasteiger partial charge in [-0.15, -0.1) is 0 Å². The van der Waals surface area contributed by atoms with Gasteiger partial charge in [0.05, 0.1) is 16.0 Å². The zero-order valence-electron chi connectivity index (χ0n) is 11.3. The van der Waals surface area contributed by atoms with Crippen LogP contribution in [0.3, 0.4) is 0 Å². The number of anilines is 2. The van der Waals surface area contributed by atoms with Gasteiger partial charge in [-0.25, -0.2) is 9.97 Å². The van der Waals surface area contributed by atoms with Gasteiger partial charge >= 0.3 is 5.69 Å². The summed E-state index contributed by atoms with van der Waals surface area (Å²) in [5, 5.41) is 14.4. The summed E-state index contributed by atoms with van der Waals surface area (Å²) in [5.41, 5.74) is -0.344. The Morgan fingerprint density at radius 3 is 2.67 bits per heavy atom. The first-order valence-corrected chi connectivity index (χ1v) is 6.40. The minimum absolute atomic E-state index is 0.000437. The highest BCUT2D eigenvalue weighted by molar-refractivity contribution is 6.30. The molecule has 0 unspecified atom stereocenters. The predicted molar refractivity (Wildman–Crippen MR) is 77.0 cm³/mol. The Morgan fingerprint density at radius 1 is 1.33 bits per heavy atom. The van der Waals surface area contributed by atoms with Crippen molar-refractivity contribution in [1.82, 2.24) is 15.0 Å². The van der Waals surface area contributed by atoms with Crippen LogP contribution in [-0.4, -0.2) is 26.0 Å². The van der Waals surface area contributed by atoms with Crippen LogP contribution in [0, 0.1) is 10.1 Å². The van der Waals surface area contributed by atoms with Gasteiger partial charge in [-0.1, -0.05) is 11.6 Å². The zero-order chi connectivity index (χ0) is 15.4. The molecule has 0 aliphatic rings. The van der Waals surface area contributed by atoms with E-state index in [9.17, 15) is 10.1 Å². The summed E-state index contributed by atoms with van der Waals surface area (Å²) in [5.74, 6) is 0.277. The molecule has 2 rings (SSSR count). The molecule has 110 valence electrons. The number of ether oxygens (including phenoxy) is 1. The van der Waals surface area contributed by atoms with Crippen LogP contribution >= 0.6 is 11.6 Å². The zero-order valence-corrected chi connectivity index (χ0v) is 12.0. The second-order valence-electron chi connectivity index (χ2n) is 4.29. The van der Waals surface area contributed by atoms with Crippen molar-refractivity contribution < 1.29 is 9.66 Å². The molecule has 21 heavy (non-hydrogen) atoms. The van der Waals surface area contributed by atoms with E-state index in [-0.39, 0.29) is 23.5 Å². The lowest BCUT2D eigenvalue weighted by Gasteiger charge is -2.11. The first-order valence-electron chi connectivity index (χ1n) is 6.02. The van der Waals surface area contributed by atoms with Crippen molar-refractivity contribution in [2.24, 2.45) is 0 Å². The number of hydrogen-bond acceptors (Lipinski definition) is 7. The summed E-state index contributed by atoms with van der Waals surface area (Å²) >= 11 is 5.73. The Hall–Kier alpha value is -2.48. The van der Waals surface area contributed by atoms with E-state index < -0.39 is 4.92 Å². The number of aromatic nitrogens is 3. The van der Waals surface area contributed by atoms with Crippen molar-refractivity contribution in [2.75, 3.05) is 5.32 Å². The third-order valence-electron chi connectivity index (χ3n) is 2.29. The van der Waals surface area contributed by atoms with Gasteiger partial charge < -0.3 is 10.1 Å². The SMILES string of the molecule is CC(C)Oc1ncnc(Nc2ccc(Cl)cn2)c1[N+](=O)[O-]. The van der Waals surface area contributed by atoms with Crippen LogP contribution in [0.4, 0.5) is 17.3 Å². The van der Waals surface area contributed by atoms with Crippen LogP contribution < -0.4 is 10.1 Å². The average molecular weight is 310 g/mol. The Morgan fingerprint density at radius 2 is 2.10 bits per heavy atom. The molecule has 0 aromatic carbocycles. The standard InChI is InChI=1S/C12H12ClN5O3/c1-7(2)21-12-10(18(19)20)11(15-6-16-12)17-9-4-3-8(13)5-14-9/h3-7H,1-2H3,(H,14,15,16,17). The molecule has 0 radical (unpaired) electrons. The summed E-state index contributed by atoms with van der Waals surface area (Å²) in [4.78, 5) is 22.3. The van der Waals surface area contributed by atoms with E-state index >= 15 is 0 Å². The van der Waals surface area contributed by atoms with Gasteiger partial charge in [0.2, 0.25) is 5.82 Å². The maximum Gasteiger partial charge on any atom is 0.373 e. The Kier molecular flexibility index (Phi) is 4.49. The lowest BCUT2D eigenvalue weighted by molar-refractivity contribution is -0.385. The van der Waals surface area contributed by atoms with Gasteiger partial charge in [0.25, 0.3) is 5.88 Å². The fourth-order valence-electron chi connectivity index (χ4n) is 1.50. The number of hydrogen-bond donors (Lipinski definition) is 1. The van der Waals surface area contributed by atoms with Gasteiger partial charge in [0.1, 0.15) is 12.1 Å². The molecule has 0 aliphatic carbocycles. The molecule has 2 aromatic rings. The fraction of sp³-hybridized carbons (Fsp3) is 0.250. The molecular weight excluding hydrogens is 298 g/mol. The van der Waals surface area contributed by atoms with E-state index in [2.05, 4.69) is 20.3 Å². The van der Waals surface area contributed by atoms with Crippen molar-refractivity contribution >= 4 is 28.9 Å². The maximum absolute atomic E-state index is 11.2. The van der Waals surface area contributed by atoms with Crippen LogP contribution in [0.2, 0.25) is 5.02 Å². The van der Waals surface area contributed by atoms with Crippen molar-refractivity contribution in [3.8, 4) is 5.88 Å². The van der Waals surface area contributed by atoms with Crippen LogP contribution in [0.5, 0.6) is 5.88 Å². The molecule has 0 saturated carbocycles. The Bertz CT molecular complexity index is 648. The highest BCUT2D eigenvalue weighted by Crippen LogP contribution is 2.32. The molecule has 0 spiro atoms. The van der Waals surface area contributed by atoms with E-state index in [0.29, 0.717) is 10.8 Å². The van der Waals surface area contributed by atoms with E-state index in [1.807, 2.05) is 0 Å². The molecule has 0 saturated heterocycles. The van der Waals surface area contributed by atoms with E-state index in [0.717, 1.165) is 0 Å². The summed E-state index contributed by atoms with van der Waals surface area (Å²) in [6.07, 6.45) is 2.35. The summed E-state index contributed by atoms with van der Waals surface area (Å²) < 4.78 is 5.33. The molecule has 0 bridgehead atoms. The highest BCUT2D eigenvalue weighted by atomic mass is 35.5. The molecule has 8 nitrogen and oxygen atoms in total. The molecule has 2 heterocycles. The molecular formula is C12H12ClN5O3. The first kappa shape index (κ1) is 14.9. The van der Waals surface area contributed by atoms with Crippen molar-refractivity contribution in [3.05, 3.63) is 39.8 Å². The normalized spacial score (nSPS) is 10.5. The number of pyridine rings is 1. The van der Waals surface area contributed by atoms with E-state index in [4.69, 9.17) is 16.3 Å². The largest absolute Gasteiger partial charge is 0.470 e. The van der Waals surface area contributed by atoms with Crippen LogP contribution in [0.25, 0.3) is 0 Å². The van der Waals surface area contributed by atoms with Gasteiger partial charge in [0.15, 0.2) is 0 Å². The molecule has 0 atom stereocenters. The van der Waals surface area contributed by atoms with Crippen molar-refractivity contribution in [1.29, 1.82) is 0 Å². The lowest BCUT2D eigenvalue weighted by atomic mass is 10.4. The number of nitro groups is 1. The predicted octanol–water partition coefficient (Wildman–Crippen LogP) is 2.96. The number of rotatable bonds is 5. The quantitative estimate of drug-likeness (QED) is 0.668. The molecule has 9 heteroatoms. The van der Waals surface area contributed by atoms with Gasteiger partial charge in [0, 0.05) is 6.20 Å². The van der Waals surface area contributed by atoms with Crippen LogP contribution in [0.15, 0.2) is 24.7 Å². The average Bonchev–Trinajstić information content (AvgIpc) is 2.40. The highest BCUT2D eigenvalue weighted by Gasteiger charge is 2.25. The second-order valence-corrected chi connectivity index (χ2v) is 4.72. The summed E-state index contributed by atoms with van der Waals surface area (Å²) in [6.45, 7) is 3.50. The number of halogens is 1. The number of nitrogens with zero attached hydrogens (tertiary/aromatic N) is 4. The monoisotopic (exact) mass is 309 g/mol. The fourth-order valence-corrected chi connectivity index (χ4v) is 1.61. The van der Waals surface area contributed by atoms with Gasteiger partial charge in [-0.2, -0.15) is 4.98 Å². The van der Waals surface area contributed by atoms with Gasteiger partial charge in [-0.3, -0.25) is 10.1 Å². The summed E-state index contributed by atoms with van der Waals surface area (Å²) in [7, 11) is 0. The minimum Gasteiger partial charge on any atom is -0.470 e. The number of nitrogens with one attached hydrogen (secondary N) is 1. The lowest BCUT2D eigenvalue weighted by Crippen LogP contribution is -2.11. The third-order valence-corrected chi connectivity index (χ3v) is 2.52. The smallest absolute Gasteiger partial charge is 0.373 e. The van der Waals surface area contributed by atoms with Crippen LogP contribution in [0.1, 0.15) is 13.8 Å². The summed E-state index contributed by atoms with van der Waals surface area (Å²) in [6, 6.07) is 3.19. The van der Waals surface area contributed by atoms with E-state index in [1.54, 1.807) is 26.0 Å². The molecule has 2 aromatic heterocycles. The molecule has 0 fully saturated rings. The molecule has 0 amide bonds. The van der Waals surface area contributed by atoms with Crippen molar-refractivity contribution in [3.63, 3.8) is 0 Å². The third kappa shape index (κ3) is 3.76. The molecule has 1 N–H and O–H groups in total. The first-order chi connectivity index (χ1) is 9.97. The van der Waals surface area contributed by atoms with Crippen molar-refractivity contribution in [2.45, 2.75) is 20.0 Å². The minimum atomic E-state index is -0.601. The molecule has 0 aliphatic heterocycles. The Balaban J connectivity index is 2.38. The van der Waals surface area contributed by atoms with Gasteiger partial charge in [-0.05, 0) is 26.0 Å². The van der Waals surface area contributed by atoms with Crippen LogP contribution in [-0.2, 0) is 0 Å². The Labute approximate surface area is 125 Å². The maximum atomic E-state index is 11.2. The topological polar surface area (TPSA) is 103 Å².